The van der Waals surface area contributed by atoms with Crippen LogP contribution in [0, 0.1) is 5.82 Å². The van der Waals surface area contributed by atoms with Gasteiger partial charge in [-0.1, -0.05) is 68.4 Å². The number of halogens is 1. The molecule has 3 nitrogen and oxygen atoms in total. The number of nitrogens with zero attached hydrogens (tertiary/aromatic N) is 2. The van der Waals surface area contributed by atoms with Gasteiger partial charge >= 0.3 is 0 Å². The van der Waals surface area contributed by atoms with Gasteiger partial charge in [0.2, 0.25) is 5.71 Å². The Morgan fingerprint density at radius 2 is 1.54 bits per heavy atom. The second-order valence-corrected chi connectivity index (χ2v) is 9.26. The first-order valence-corrected chi connectivity index (χ1v) is 11.6. The van der Waals surface area contributed by atoms with Crippen LogP contribution in [0.2, 0.25) is 0 Å². The van der Waals surface area contributed by atoms with Gasteiger partial charge in [0.05, 0.1) is 11.4 Å². The van der Waals surface area contributed by atoms with Crippen molar-refractivity contribution in [1.29, 1.82) is 0 Å². The normalized spacial score (nSPS) is 11.9. The predicted molar refractivity (Wildman–Crippen MR) is 139 cm³/mol. The average Bonchev–Trinajstić information content (AvgIpc) is 3.28. The molecule has 3 aromatic heterocycles. The molecular weight excluding hydrogens is 435 g/mol. The highest BCUT2D eigenvalue weighted by molar-refractivity contribution is 6.08. The van der Waals surface area contributed by atoms with E-state index in [9.17, 15) is 4.39 Å². The SMILES string of the molecule is CC(C)(c1ccccc1)c1ccc2c(n1)oc1c(-c3cc(-c4ccc(F)cc4)ccn3)cccc12. The quantitative estimate of drug-likeness (QED) is 0.267. The number of furan rings is 1. The van der Waals surface area contributed by atoms with E-state index in [2.05, 4.69) is 61.3 Å². The molecule has 0 amide bonds. The van der Waals surface area contributed by atoms with E-state index in [-0.39, 0.29) is 11.2 Å². The molecule has 0 aliphatic rings. The highest BCUT2D eigenvalue weighted by Gasteiger charge is 2.26. The van der Waals surface area contributed by atoms with E-state index in [0.717, 1.165) is 44.4 Å². The van der Waals surface area contributed by atoms with E-state index >= 15 is 0 Å². The van der Waals surface area contributed by atoms with Gasteiger partial charge in [0.15, 0.2) is 0 Å². The number of hydrogen-bond donors (Lipinski definition) is 0. The molecule has 0 atom stereocenters. The Balaban J connectivity index is 1.47. The lowest BCUT2D eigenvalue weighted by molar-refractivity contribution is 0.601. The first-order chi connectivity index (χ1) is 17.0. The first-order valence-electron chi connectivity index (χ1n) is 11.6. The molecule has 0 aliphatic carbocycles. The predicted octanol–water partition coefficient (Wildman–Crippen LogP) is 8.18. The van der Waals surface area contributed by atoms with Crippen LogP contribution in [0.5, 0.6) is 0 Å². The van der Waals surface area contributed by atoms with Crippen LogP contribution in [0.4, 0.5) is 4.39 Å². The third-order valence-electron chi connectivity index (χ3n) is 6.71. The zero-order chi connectivity index (χ0) is 24.0. The Labute approximate surface area is 202 Å². The van der Waals surface area contributed by atoms with E-state index in [1.165, 1.54) is 17.7 Å². The van der Waals surface area contributed by atoms with Crippen LogP contribution < -0.4 is 0 Å². The summed E-state index contributed by atoms with van der Waals surface area (Å²) in [5.41, 5.74) is 6.85. The zero-order valence-electron chi connectivity index (χ0n) is 19.5. The Morgan fingerprint density at radius 3 is 2.34 bits per heavy atom. The molecule has 0 unspecified atom stereocenters. The lowest BCUT2D eigenvalue weighted by Gasteiger charge is -2.24. The summed E-state index contributed by atoms with van der Waals surface area (Å²) in [4.78, 5) is 9.56. The molecule has 0 saturated heterocycles. The lowest BCUT2D eigenvalue weighted by Crippen LogP contribution is -2.20. The van der Waals surface area contributed by atoms with Crippen molar-refractivity contribution in [1.82, 2.24) is 9.97 Å². The van der Waals surface area contributed by atoms with Crippen LogP contribution in [0.3, 0.4) is 0 Å². The Kier molecular flexibility index (Phi) is 4.96. The van der Waals surface area contributed by atoms with Gasteiger partial charge in [-0.3, -0.25) is 4.98 Å². The summed E-state index contributed by atoms with van der Waals surface area (Å²) in [5, 5.41) is 1.98. The van der Waals surface area contributed by atoms with Crippen molar-refractivity contribution in [3.8, 4) is 22.4 Å². The van der Waals surface area contributed by atoms with Crippen LogP contribution in [0.15, 0.2) is 108 Å². The van der Waals surface area contributed by atoms with Gasteiger partial charge in [-0.15, -0.1) is 0 Å². The fraction of sp³-hybridized carbons (Fsp3) is 0.0968. The zero-order valence-corrected chi connectivity index (χ0v) is 19.5. The fourth-order valence-electron chi connectivity index (χ4n) is 4.63. The topological polar surface area (TPSA) is 38.9 Å². The summed E-state index contributed by atoms with van der Waals surface area (Å²) in [7, 11) is 0. The Morgan fingerprint density at radius 1 is 0.743 bits per heavy atom. The number of pyridine rings is 2. The first kappa shape index (κ1) is 21.2. The third kappa shape index (κ3) is 3.68. The van der Waals surface area contributed by atoms with Crippen molar-refractivity contribution in [2.75, 3.05) is 0 Å². The summed E-state index contributed by atoms with van der Waals surface area (Å²) in [6.45, 7) is 4.35. The molecule has 3 heterocycles. The van der Waals surface area contributed by atoms with Gasteiger partial charge in [0.1, 0.15) is 11.4 Å². The monoisotopic (exact) mass is 458 g/mol. The van der Waals surface area contributed by atoms with Crippen molar-refractivity contribution >= 4 is 22.1 Å². The molecule has 0 spiro atoms. The van der Waals surface area contributed by atoms with Crippen molar-refractivity contribution in [3.63, 3.8) is 0 Å². The number of fused-ring (bicyclic) bond motifs is 3. The molecule has 35 heavy (non-hydrogen) atoms. The molecule has 0 N–H and O–H groups in total. The third-order valence-corrected chi connectivity index (χ3v) is 6.71. The van der Waals surface area contributed by atoms with Crippen molar-refractivity contribution in [2.45, 2.75) is 19.3 Å². The Hall–Kier alpha value is -4.31. The maximum atomic E-state index is 13.4. The summed E-state index contributed by atoms with van der Waals surface area (Å²) >= 11 is 0. The molecular formula is C31H23FN2O. The van der Waals surface area contributed by atoms with Crippen molar-refractivity contribution < 1.29 is 8.81 Å². The summed E-state index contributed by atoms with van der Waals surface area (Å²) in [5.74, 6) is -0.252. The molecule has 0 fully saturated rings. The number of benzene rings is 3. The smallest absolute Gasteiger partial charge is 0.227 e. The minimum Gasteiger partial charge on any atom is -0.437 e. The van der Waals surface area contributed by atoms with Gasteiger partial charge in [0.25, 0.3) is 0 Å². The van der Waals surface area contributed by atoms with Crippen LogP contribution >= 0.6 is 0 Å². The van der Waals surface area contributed by atoms with E-state index in [1.807, 2.05) is 30.3 Å². The number of para-hydroxylation sites is 1. The molecule has 0 radical (unpaired) electrons. The van der Waals surface area contributed by atoms with Crippen molar-refractivity contribution in [2.24, 2.45) is 0 Å². The van der Waals surface area contributed by atoms with Crippen LogP contribution in [-0.4, -0.2) is 9.97 Å². The number of rotatable bonds is 4. The molecule has 0 aliphatic heterocycles. The minimum atomic E-state index is -0.262. The fourth-order valence-corrected chi connectivity index (χ4v) is 4.63. The molecule has 170 valence electrons. The second kappa shape index (κ2) is 8.17. The molecule has 0 saturated carbocycles. The average molecular weight is 459 g/mol. The number of aromatic nitrogens is 2. The molecule has 0 bridgehead atoms. The van der Waals surface area contributed by atoms with E-state index < -0.39 is 0 Å². The van der Waals surface area contributed by atoms with E-state index in [1.54, 1.807) is 18.3 Å². The minimum absolute atomic E-state index is 0.252. The van der Waals surface area contributed by atoms with Gasteiger partial charge in [-0.05, 0) is 59.2 Å². The van der Waals surface area contributed by atoms with E-state index in [4.69, 9.17) is 9.40 Å². The van der Waals surface area contributed by atoms with Crippen molar-refractivity contribution in [3.05, 3.63) is 120 Å². The highest BCUT2D eigenvalue weighted by Crippen LogP contribution is 2.37. The second-order valence-electron chi connectivity index (χ2n) is 9.26. The largest absolute Gasteiger partial charge is 0.437 e. The molecule has 3 aromatic carbocycles. The Bertz CT molecular complexity index is 1670. The van der Waals surface area contributed by atoms with Gasteiger partial charge in [-0.25, -0.2) is 9.37 Å². The lowest BCUT2D eigenvalue weighted by atomic mass is 9.81. The van der Waals surface area contributed by atoms with Gasteiger partial charge in [0, 0.05) is 27.9 Å². The molecule has 6 aromatic rings. The maximum Gasteiger partial charge on any atom is 0.227 e. The highest BCUT2D eigenvalue weighted by atomic mass is 19.1. The maximum absolute atomic E-state index is 13.4. The molecule has 4 heteroatoms. The van der Waals surface area contributed by atoms with E-state index in [0.29, 0.717) is 5.71 Å². The van der Waals surface area contributed by atoms with Crippen LogP contribution in [0.25, 0.3) is 44.5 Å². The van der Waals surface area contributed by atoms with Gasteiger partial charge in [-0.2, -0.15) is 0 Å². The molecule has 6 rings (SSSR count). The van der Waals surface area contributed by atoms with Crippen LogP contribution in [0.1, 0.15) is 25.1 Å². The standard InChI is InChI=1S/C31H23FN2O/c1-31(2,22-7-4-3-5-8-22)28-16-15-25-24-9-6-10-26(29(24)35-30(25)34-28)27-19-21(17-18-33-27)20-11-13-23(32)14-12-20/h3-19H,1-2H3. The van der Waals surface area contributed by atoms with Gasteiger partial charge < -0.3 is 4.42 Å². The summed E-state index contributed by atoms with van der Waals surface area (Å²) in [6, 6.07) is 31.1. The summed E-state index contributed by atoms with van der Waals surface area (Å²) < 4.78 is 19.8. The number of hydrogen-bond acceptors (Lipinski definition) is 3. The van der Waals surface area contributed by atoms with Crippen LogP contribution in [-0.2, 0) is 5.41 Å². The summed E-state index contributed by atoms with van der Waals surface area (Å²) in [6.07, 6.45) is 1.77.